The number of para-hydroxylation sites is 1. The molecule has 0 fully saturated rings. The first-order valence-electron chi connectivity index (χ1n) is 19.9. The molecule has 0 radical (unpaired) electrons. The summed E-state index contributed by atoms with van der Waals surface area (Å²) in [6, 6.07) is 62.9. The van der Waals surface area contributed by atoms with Crippen LogP contribution < -0.4 is 0 Å². The minimum absolute atomic E-state index is 0.776. The third kappa shape index (κ3) is 5.33. The summed E-state index contributed by atoms with van der Waals surface area (Å²) in [6.07, 6.45) is 0.904. The van der Waals surface area contributed by atoms with Crippen molar-refractivity contribution in [3.63, 3.8) is 0 Å². The van der Waals surface area contributed by atoms with Crippen LogP contribution in [-0.2, 0) is 6.42 Å². The van der Waals surface area contributed by atoms with Crippen molar-refractivity contribution in [1.82, 2.24) is 20.4 Å². The lowest BCUT2D eigenvalue weighted by Crippen LogP contribution is -2.03. The van der Waals surface area contributed by atoms with Crippen LogP contribution in [0.4, 0.5) is 0 Å². The third-order valence-electron chi connectivity index (χ3n) is 12.1. The van der Waals surface area contributed by atoms with Gasteiger partial charge in [0.1, 0.15) is 11.4 Å². The Morgan fingerprint density at radius 1 is 0.431 bits per heavy atom. The van der Waals surface area contributed by atoms with E-state index in [0.29, 0.717) is 0 Å². The molecule has 0 saturated carbocycles. The first-order chi connectivity index (χ1) is 28.6. The molecule has 0 saturated heterocycles. The highest BCUT2D eigenvalue weighted by molar-refractivity contribution is 6.17. The molecule has 0 aliphatic heterocycles. The number of fused-ring (bicyclic) bond motifs is 6. The second kappa shape index (κ2) is 13.6. The Hall–Kier alpha value is -7.43. The second-order valence-corrected chi connectivity index (χ2v) is 15.3. The van der Waals surface area contributed by atoms with Crippen LogP contribution in [0.2, 0.25) is 0 Å². The normalized spacial score (nSPS) is 11.9. The van der Waals surface area contributed by atoms with Crippen molar-refractivity contribution in [3.05, 3.63) is 198 Å². The van der Waals surface area contributed by atoms with Crippen molar-refractivity contribution in [3.8, 4) is 78.1 Å². The van der Waals surface area contributed by atoms with E-state index >= 15 is 0 Å². The number of aromatic nitrogens is 4. The summed E-state index contributed by atoms with van der Waals surface area (Å²) in [5, 5.41) is 16.8. The molecular weight excluding hydrogens is 705 g/mol. The van der Waals surface area contributed by atoms with Crippen molar-refractivity contribution in [2.45, 2.75) is 20.3 Å². The molecule has 4 heteroatoms. The fraction of sp³-hybridized carbons (Fsp3) is 0.0556. The minimum Gasteiger partial charge on any atom is -0.354 e. The molecule has 1 aliphatic rings. The Kier molecular flexibility index (Phi) is 7.97. The van der Waals surface area contributed by atoms with Crippen LogP contribution in [0.3, 0.4) is 0 Å². The average Bonchev–Trinajstić information content (AvgIpc) is 3.85. The van der Waals surface area contributed by atoms with Crippen LogP contribution in [0.5, 0.6) is 0 Å². The lowest BCUT2D eigenvalue weighted by atomic mass is 9.82. The number of H-pyrrole nitrogens is 1. The van der Waals surface area contributed by atoms with Gasteiger partial charge in [0.2, 0.25) is 0 Å². The minimum atomic E-state index is 0.776. The van der Waals surface area contributed by atoms with E-state index in [1.165, 1.54) is 49.9 Å². The summed E-state index contributed by atoms with van der Waals surface area (Å²) in [5.41, 5.74) is 22.6. The zero-order valence-corrected chi connectivity index (χ0v) is 32.3. The quantitative estimate of drug-likeness (QED) is 0.185. The van der Waals surface area contributed by atoms with Gasteiger partial charge in [-0.2, -0.15) is 0 Å². The molecule has 11 rings (SSSR count). The number of benzene rings is 8. The Bertz CT molecular complexity index is 3210. The first kappa shape index (κ1) is 33.9. The van der Waals surface area contributed by atoms with E-state index in [9.17, 15) is 0 Å². The molecular formula is C54H38N4. The van der Waals surface area contributed by atoms with Crippen LogP contribution in [0.15, 0.2) is 176 Å². The molecule has 0 atom stereocenters. The molecule has 58 heavy (non-hydrogen) atoms. The van der Waals surface area contributed by atoms with Gasteiger partial charge in [-0.1, -0.05) is 170 Å². The number of nitrogens with zero attached hydrogens (tertiary/aromatic N) is 3. The number of hydrogen-bond acceptors (Lipinski definition) is 3. The topological polar surface area (TPSA) is 54.5 Å². The van der Waals surface area contributed by atoms with Gasteiger partial charge in [-0.3, -0.25) is 0 Å². The van der Waals surface area contributed by atoms with Gasteiger partial charge in [-0.05, 0) is 104 Å². The summed E-state index contributed by atoms with van der Waals surface area (Å²) >= 11 is 0. The van der Waals surface area contributed by atoms with E-state index in [1.807, 2.05) is 6.07 Å². The van der Waals surface area contributed by atoms with Gasteiger partial charge < -0.3 is 4.98 Å². The van der Waals surface area contributed by atoms with Gasteiger partial charge in [0.15, 0.2) is 0 Å². The fourth-order valence-corrected chi connectivity index (χ4v) is 9.33. The van der Waals surface area contributed by atoms with Crippen LogP contribution >= 0.6 is 0 Å². The van der Waals surface area contributed by atoms with E-state index in [4.69, 9.17) is 10.2 Å². The second-order valence-electron chi connectivity index (χ2n) is 15.3. The van der Waals surface area contributed by atoms with Gasteiger partial charge in [-0.15, -0.1) is 10.2 Å². The lowest BCUT2D eigenvalue weighted by molar-refractivity contribution is 0.879. The van der Waals surface area contributed by atoms with E-state index < -0.39 is 0 Å². The van der Waals surface area contributed by atoms with Crippen LogP contribution in [0.1, 0.15) is 22.3 Å². The lowest BCUT2D eigenvalue weighted by Gasteiger charge is -2.22. The predicted molar refractivity (Wildman–Crippen MR) is 240 cm³/mol. The summed E-state index contributed by atoms with van der Waals surface area (Å²) in [5.74, 6) is 0. The summed E-state index contributed by atoms with van der Waals surface area (Å²) in [6.45, 7) is 4.53. The molecule has 10 aromatic rings. The van der Waals surface area contributed by atoms with Gasteiger partial charge in [0.05, 0.1) is 5.52 Å². The van der Waals surface area contributed by atoms with Gasteiger partial charge in [0, 0.05) is 33.0 Å². The molecule has 0 spiro atoms. The SMILES string of the molecule is Cc1cc2c(c(-c3ccccc3-c3ccc4c([nH]c5ccccc54)c3-c3nnnc(-c4ccccc4)c3-c3ccccc3-c3ccccc3)c1C)Cc1ccccc1-2. The van der Waals surface area contributed by atoms with Gasteiger partial charge in [0.25, 0.3) is 0 Å². The van der Waals surface area contributed by atoms with Crippen molar-refractivity contribution < 1.29 is 0 Å². The van der Waals surface area contributed by atoms with Gasteiger partial charge in [-0.25, -0.2) is 0 Å². The molecule has 2 heterocycles. The Morgan fingerprint density at radius 3 is 1.81 bits per heavy atom. The Morgan fingerprint density at radius 2 is 1.03 bits per heavy atom. The smallest absolute Gasteiger partial charge is 0.108 e. The maximum atomic E-state index is 5.09. The van der Waals surface area contributed by atoms with Crippen molar-refractivity contribution >= 4 is 21.8 Å². The summed E-state index contributed by atoms with van der Waals surface area (Å²) < 4.78 is 0. The molecule has 0 bridgehead atoms. The van der Waals surface area contributed by atoms with Crippen molar-refractivity contribution in [1.29, 1.82) is 0 Å². The summed E-state index contributed by atoms with van der Waals surface area (Å²) in [7, 11) is 0. The van der Waals surface area contributed by atoms with Crippen molar-refractivity contribution in [2.24, 2.45) is 0 Å². The molecule has 8 aromatic carbocycles. The number of nitrogens with one attached hydrogen (secondary N) is 1. The average molecular weight is 743 g/mol. The van der Waals surface area contributed by atoms with Gasteiger partial charge >= 0.3 is 0 Å². The number of rotatable bonds is 6. The predicted octanol–water partition coefficient (Wildman–Crippen LogP) is 13.7. The largest absolute Gasteiger partial charge is 0.354 e. The highest BCUT2D eigenvalue weighted by atomic mass is 15.3. The zero-order chi connectivity index (χ0) is 38.7. The monoisotopic (exact) mass is 742 g/mol. The van der Waals surface area contributed by atoms with E-state index in [1.54, 1.807) is 0 Å². The zero-order valence-electron chi connectivity index (χ0n) is 32.3. The number of aromatic amines is 1. The van der Waals surface area contributed by atoms with Crippen LogP contribution in [-0.4, -0.2) is 20.4 Å². The molecule has 2 aromatic heterocycles. The summed E-state index contributed by atoms with van der Waals surface area (Å²) in [4.78, 5) is 3.88. The Labute approximate surface area is 337 Å². The van der Waals surface area contributed by atoms with E-state index in [0.717, 1.165) is 78.7 Å². The maximum absolute atomic E-state index is 5.09. The highest BCUT2D eigenvalue weighted by Crippen LogP contribution is 2.51. The highest BCUT2D eigenvalue weighted by Gasteiger charge is 2.29. The van der Waals surface area contributed by atoms with Crippen LogP contribution in [0, 0.1) is 13.8 Å². The fourth-order valence-electron chi connectivity index (χ4n) is 9.33. The number of hydrogen-bond donors (Lipinski definition) is 1. The molecule has 274 valence electrons. The van der Waals surface area contributed by atoms with E-state index in [-0.39, 0.29) is 0 Å². The number of aryl methyl sites for hydroxylation is 1. The Balaban J connectivity index is 1.26. The molecule has 1 aliphatic carbocycles. The third-order valence-corrected chi connectivity index (χ3v) is 12.1. The van der Waals surface area contributed by atoms with Crippen LogP contribution in [0.25, 0.3) is 100.0 Å². The molecule has 4 nitrogen and oxygen atoms in total. The maximum Gasteiger partial charge on any atom is 0.108 e. The molecule has 1 N–H and O–H groups in total. The van der Waals surface area contributed by atoms with E-state index in [2.05, 4.69) is 194 Å². The molecule has 0 amide bonds. The molecule has 0 unspecified atom stereocenters. The first-order valence-corrected chi connectivity index (χ1v) is 19.9. The standard InChI is InChI=1S/C54H38N4/c1-33-31-46-39-23-10-9-21-37(39)32-47(46)49(34(33)2)43-27-14-12-24-40(43)44-29-30-45-41-25-15-16-28-48(41)55-53(45)51(44)54-50(52(56-58-57-54)36-19-7-4-8-20-36)42-26-13-11-22-38(42)35-17-5-3-6-18-35/h3-31,55H,32H2,1-2H3. The van der Waals surface area contributed by atoms with Crippen molar-refractivity contribution in [2.75, 3.05) is 0 Å².